The third-order valence-electron chi connectivity index (χ3n) is 4.60. The third-order valence-corrected chi connectivity index (χ3v) is 4.85. The number of rotatable bonds is 9. The van der Waals surface area contributed by atoms with E-state index < -0.39 is 11.8 Å². The van der Waals surface area contributed by atoms with Crippen molar-refractivity contribution in [1.82, 2.24) is 24.9 Å². The van der Waals surface area contributed by atoms with Crippen LogP contribution in [-0.2, 0) is 19.8 Å². The summed E-state index contributed by atoms with van der Waals surface area (Å²) in [5, 5.41) is 14.5. The number of nitrogens with zero attached hydrogens (tertiary/aromatic N) is 4. The molecule has 0 fully saturated rings. The lowest BCUT2D eigenvalue weighted by Crippen LogP contribution is -2.25. The molecule has 0 saturated carbocycles. The Kier molecular flexibility index (Phi) is 6.75. The van der Waals surface area contributed by atoms with Crippen LogP contribution in [-0.4, -0.2) is 31.4 Å². The van der Waals surface area contributed by atoms with Crippen LogP contribution < -0.4 is 15.4 Å². The molecule has 1 aromatic carbocycles. The molecule has 0 radical (unpaired) electrons. The average molecular weight is 469 g/mol. The number of halogens is 1. The molecule has 2 amide bonds. The normalized spacial score (nSPS) is 10.7. The zero-order chi connectivity index (χ0) is 23.2. The van der Waals surface area contributed by atoms with Crippen molar-refractivity contribution in [1.29, 1.82) is 0 Å². The van der Waals surface area contributed by atoms with E-state index >= 15 is 0 Å². The lowest BCUT2D eigenvalue weighted by atomic mass is 10.3. The first-order valence-electron chi connectivity index (χ1n) is 10.1. The first-order chi connectivity index (χ1) is 16.0. The van der Waals surface area contributed by atoms with Crippen LogP contribution in [0.2, 0.25) is 5.02 Å². The molecular formula is C22H21ClN6O4. The van der Waals surface area contributed by atoms with Gasteiger partial charge in [0.1, 0.15) is 11.5 Å². The Hall–Kier alpha value is -4.05. The van der Waals surface area contributed by atoms with Crippen LogP contribution >= 0.6 is 11.6 Å². The van der Waals surface area contributed by atoms with Gasteiger partial charge in [-0.1, -0.05) is 11.6 Å². The zero-order valence-electron chi connectivity index (χ0n) is 17.7. The molecule has 10 nitrogen and oxygen atoms in total. The molecule has 4 aromatic rings. The van der Waals surface area contributed by atoms with Gasteiger partial charge in [0.25, 0.3) is 11.8 Å². The highest BCUT2D eigenvalue weighted by atomic mass is 35.5. The van der Waals surface area contributed by atoms with Crippen molar-refractivity contribution in [3.63, 3.8) is 0 Å². The minimum atomic E-state index is -0.476. The van der Waals surface area contributed by atoms with Crippen LogP contribution in [0.3, 0.4) is 0 Å². The topological polar surface area (TPSA) is 116 Å². The standard InChI is InChI=1S/C22H21ClN6O4/c1-2-28-13-19(20(27-28)22(31)24-12-17-4-3-11-32-17)25-21(30)18-9-10-29(26-18)14-33-16-7-5-15(23)6-8-16/h3-11,13H,2,12,14H2,1H3,(H,24,31)(H,25,30). The number of aryl methyl sites for hydroxylation is 1. The van der Waals surface area contributed by atoms with Gasteiger partial charge in [0, 0.05) is 24.0 Å². The molecule has 0 unspecified atom stereocenters. The highest BCUT2D eigenvalue weighted by Gasteiger charge is 2.20. The van der Waals surface area contributed by atoms with Crippen LogP contribution in [0.15, 0.2) is 65.5 Å². The zero-order valence-corrected chi connectivity index (χ0v) is 18.5. The number of hydrogen-bond donors (Lipinski definition) is 2. The van der Waals surface area contributed by atoms with E-state index in [-0.39, 0.29) is 30.4 Å². The van der Waals surface area contributed by atoms with Gasteiger partial charge in [0.05, 0.1) is 18.5 Å². The monoisotopic (exact) mass is 468 g/mol. The van der Waals surface area contributed by atoms with E-state index in [0.29, 0.717) is 23.1 Å². The second kappa shape index (κ2) is 10.0. The predicted octanol–water partition coefficient (Wildman–Crippen LogP) is 3.56. The maximum absolute atomic E-state index is 12.7. The number of anilines is 1. The molecule has 0 aliphatic heterocycles. The highest BCUT2D eigenvalue weighted by Crippen LogP contribution is 2.17. The summed E-state index contributed by atoms with van der Waals surface area (Å²) < 4.78 is 13.9. The predicted molar refractivity (Wildman–Crippen MR) is 120 cm³/mol. The van der Waals surface area contributed by atoms with E-state index in [2.05, 4.69) is 20.8 Å². The van der Waals surface area contributed by atoms with E-state index in [4.69, 9.17) is 20.8 Å². The van der Waals surface area contributed by atoms with Gasteiger partial charge in [-0.15, -0.1) is 0 Å². The maximum Gasteiger partial charge on any atom is 0.276 e. The molecule has 2 N–H and O–H groups in total. The molecular weight excluding hydrogens is 448 g/mol. The van der Waals surface area contributed by atoms with E-state index in [1.165, 1.54) is 10.9 Å². The number of ether oxygens (including phenoxy) is 1. The van der Waals surface area contributed by atoms with Gasteiger partial charge >= 0.3 is 0 Å². The van der Waals surface area contributed by atoms with Gasteiger partial charge in [0.2, 0.25) is 0 Å². The molecule has 0 spiro atoms. The number of amides is 2. The molecule has 0 saturated heterocycles. The molecule has 3 aromatic heterocycles. The fourth-order valence-electron chi connectivity index (χ4n) is 2.92. The van der Waals surface area contributed by atoms with E-state index in [1.54, 1.807) is 59.5 Å². The van der Waals surface area contributed by atoms with Gasteiger partial charge < -0.3 is 19.8 Å². The maximum atomic E-state index is 12.7. The molecule has 33 heavy (non-hydrogen) atoms. The number of aromatic nitrogens is 4. The lowest BCUT2D eigenvalue weighted by Gasteiger charge is -2.06. The van der Waals surface area contributed by atoms with Gasteiger partial charge in [0.15, 0.2) is 18.1 Å². The Balaban J connectivity index is 1.40. The molecule has 11 heteroatoms. The largest absolute Gasteiger partial charge is 0.471 e. The number of carbonyl (C=O) groups excluding carboxylic acids is 2. The van der Waals surface area contributed by atoms with Gasteiger partial charge in [-0.3, -0.25) is 14.3 Å². The molecule has 4 rings (SSSR count). The van der Waals surface area contributed by atoms with Crippen LogP contribution in [0.4, 0.5) is 5.69 Å². The van der Waals surface area contributed by atoms with Gasteiger partial charge in [-0.25, -0.2) is 4.68 Å². The van der Waals surface area contributed by atoms with Crippen LogP contribution in [0.5, 0.6) is 5.75 Å². The van der Waals surface area contributed by atoms with Gasteiger partial charge in [-0.05, 0) is 49.4 Å². The summed E-state index contributed by atoms with van der Waals surface area (Å²) in [7, 11) is 0. The molecule has 0 bridgehead atoms. The Morgan fingerprint density at radius 3 is 2.64 bits per heavy atom. The van der Waals surface area contributed by atoms with E-state index in [9.17, 15) is 9.59 Å². The summed E-state index contributed by atoms with van der Waals surface area (Å²) in [6.45, 7) is 2.73. The second-order valence-electron chi connectivity index (χ2n) is 6.93. The Bertz CT molecular complexity index is 1230. The first-order valence-corrected chi connectivity index (χ1v) is 10.5. The van der Waals surface area contributed by atoms with Crippen LogP contribution in [0.1, 0.15) is 33.7 Å². The molecule has 3 heterocycles. The first kappa shape index (κ1) is 22.2. The Labute approximate surface area is 194 Å². The number of carbonyl (C=O) groups is 2. The average Bonchev–Trinajstić information content (AvgIpc) is 3.58. The van der Waals surface area contributed by atoms with Crippen molar-refractivity contribution in [2.24, 2.45) is 0 Å². The summed E-state index contributed by atoms with van der Waals surface area (Å²) in [6.07, 6.45) is 4.75. The quantitative estimate of drug-likeness (QED) is 0.388. The highest BCUT2D eigenvalue weighted by molar-refractivity contribution is 6.30. The minimum absolute atomic E-state index is 0.0993. The summed E-state index contributed by atoms with van der Waals surface area (Å²) in [6, 6.07) is 12.0. The lowest BCUT2D eigenvalue weighted by molar-refractivity contribution is 0.0943. The van der Waals surface area contributed by atoms with Crippen molar-refractivity contribution >= 4 is 29.1 Å². The third kappa shape index (κ3) is 5.60. The summed E-state index contributed by atoms with van der Waals surface area (Å²) >= 11 is 5.86. The summed E-state index contributed by atoms with van der Waals surface area (Å²) in [5.74, 6) is 0.320. The van der Waals surface area contributed by atoms with E-state index in [1.807, 2.05) is 6.92 Å². The molecule has 0 atom stereocenters. The van der Waals surface area contributed by atoms with Crippen LogP contribution in [0.25, 0.3) is 0 Å². The van der Waals surface area contributed by atoms with Gasteiger partial charge in [-0.2, -0.15) is 10.2 Å². The Morgan fingerprint density at radius 1 is 1.09 bits per heavy atom. The van der Waals surface area contributed by atoms with Crippen LogP contribution in [0, 0.1) is 0 Å². The molecule has 170 valence electrons. The van der Waals surface area contributed by atoms with Crippen molar-refractivity contribution in [2.75, 3.05) is 5.32 Å². The summed E-state index contributed by atoms with van der Waals surface area (Å²) in [5.41, 5.74) is 0.550. The Morgan fingerprint density at radius 2 is 1.91 bits per heavy atom. The number of furan rings is 1. The fourth-order valence-corrected chi connectivity index (χ4v) is 3.05. The van der Waals surface area contributed by atoms with Crippen molar-refractivity contribution < 1.29 is 18.7 Å². The fraction of sp³-hybridized carbons (Fsp3) is 0.182. The van der Waals surface area contributed by atoms with Crippen molar-refractivity contribution in [3.05, 3.63) is 83.3 Å². The van der Waals surface area contributed by atoms with E-state index in [0.717, 1.165) is 0 Å². The molecule has 0 aliphatic rings. The number of benzene rings is 1. The SMILES string of the molecule is CCn1cc(NC(=O)c2ccn(COc3ccc(Cl)cc3)n2)c(C(=O)NCc2ccco2)n1. The number of hydrogen-bond acceptors (Lipinski definition) is 6. The smallest absolute Gasteiger partial charge is 0.276 e. The number of nitrogens with one attached hydrogen (secondary N) is 2. The summed E-state index contributed by atoms with van der Waals surface area (Å²) in [4.78, 5) is 25.4. The van der Waals surface area contributed by atoms with Crippen molar-refractivity contribution in [2.45, 2.75) is 26.7 Å². The van der Waals surface area contributed by atoms with Crippen molar-refractivity contribution in [3.8, 4) is 5.75 Å². The minimum Gasteiger partial charge on any atom is -0.471 e. The molecule has 0 aliphatic carbocycles. The second-order valence-corrected chi connectivity index (χ2v) is 7.37.